The summed E-state index contributed by atoms with van der Waals surface area (Å²) in [6.07, 6.45) is 8.55. The van der Waals surface area contributed by atoms with Gasteiger partial charge in [-0.3, -0.25) is 4.79 Å². The standard InChI is InChI=1S/C17H19FN2.C5H10N2O/c1-13(7-8-15(3)18)14(2)11-17(12-19)16(4)20-9-5-6-10-20;6-5(8)4-2-1-3-7-4/h7-8,11H,1-6,9-10H2;4,7H,1-3H2,(H2,6,8)/b8-7-,17-11-;. The van der Waals surface area contributed by atoms with Crippen molar-refractivity contribution >= 4 is 5.91 Å². The maximum absolute atomic E-state index is 12.5. The number of hydrogen-bond donors (Lipinski definition) is 2. The molecular formula is C22H29FN4O. The van der Waals surface area contributed by atoms with Crippen LogP contribution in [-0.2, 0) is 4.79 Å². The van der Waals surface area contributed by atoms with E-state index in [1.54, 1.807) is 6.08 Å². The Morgan fingerprint density at radius 1 is 1.14 bits per heavy atom. The Bertz CT molecular complexity index is 730. The smallest absolute Gasteiger partial charge is 0.234 e. The van der Waals surface area contributed by atoms with Crippen LogP contribution >= 0.6 is 0 Å². The Balaban J connectivity index is 0.000000406. The van der Waals surface area contributed by atoms with Gasteiger partial charge in [0.05, 0.1) is 11.6 Å². The van der Waals surface area contributed by atoms with Crippen LogP contribution in [0.1, 0.15) is 25.7 Å². The molecule has 6 heteroatoms. The van der Waals surface area contributed by atoms with Gasteiger partial charge in [-0.25, -0.2) is 4.39 Å². The molecule has 1 unspecified atom stereocenters. The molecule has 1 amide bonds. The summed E-state index contributed by atoms with van der Waals surface area (Å²) in [5, 5.41) is 12.2. The first-order valence-corrected chi connectivity index (χ1v) is 9.25. The van der Waals surface area contributed by atoms with Gasteiger partial charge in [-0.1, -0.05) is 32.4 Å². The number of likely N-dealkylation sites (tertiary alicyclic amines) is 1. The van der Waals surface area contributed by atoms with Crippen LogP contribution in [0, 0.1) is 11.3 Å². The van der Waals surface area contributed by atoms with Crippen molar-refractivity contribution in [3.05, 3.63) is 72.8 Å². The lowest BCUT2D eigenvalue weighted by molar-refractivity contribution is -0.119. The molecule has 150 valence electrons. The minimum atomic E-state index is -0.551. The van der Waals surface area contributed by atoms with Crippen molar-refractivity contribution in [1.82, 2.24) is 10.2 Å². The number of nitrogens with two attached hydrogens (primary N) is 1. The Hall–Kier alpha value is -2.91. The predicted octanol–water partition coefficient (Wildman–Crippen LogP) is 3.42. The van der Waals surface area contributed by atoms with Crippen molar-refractivity contribution in [3.8, 4) is 6.07 Å². The summed E-state index contributed by atoms with van der Waals surface area (Å²) in [5.74, 6) is -0.771. The zero-order valence-electron chi connectivity index (χ0n) is 16.3. The van der Waals surface area contributed by atoms with Crippen LogP contribution in [0.25, 0.3) is 0 Å². The number of carbonyl (C=O) groups is 1. The zero-order valence-corrected chi connectivity index (χ0v) is 16.3. The van der Waals surface area contributed by atoms with E-state index in [0.29, 0.717) is 22.4 Å². The molecule has 0 bridgehead atoms. The minimum Gasteiger partial charge on any atom is -0.371 e. The summed E-state index contributed by atoms with van der Waals surface area (Å²) in [4.78, 5) is 12.4. The molecule has 0 aromatic carbocycles. The van der Waals surface area contributed by atoms with Gasteiger partial charge in [0.25, 0.3) is 0 Å². The molecule has 0 aromatic heterocycles. The van der Waals surface area contributed by atoms with Crippen molar-refractivity contribution in [2.24, 2.45) is 5.73 Å². The minimum absolute atomic E-state index is 0.0463. The zero-order chi connectivity index (χ0) is 21.1. The van der Waals surface area contributed by atoms with E-state index in [2.05, 4.69) is 42.6 Å². The van der Waals surface area contributed by atoms with Crippen LogP contribution in [0.4, 0.5) is 4.39 Å². The molecule has 2 saturated heterocycles. The Morgan fingerprint density at radius 3 is 2.21 bits per heavy atom. The monoisotopic (exact) mass is 384 g/mol. The molecule has 1 atom stereocenters. The largest absolute Gasteiger partial charge is 0.371 e. The Morgan fingerprint density at radius 2 is 1.79 bits per heavy atom. The normalized spacial score (nSPS) is 18.9. The number of nitrogens with one attached hydrogen (secondary N) is 1. The number of rotatable bonds is 7. The molecule has 0 radical (unpaired) electrons. The topological polar surface area (TPSA) is 82.2 Å². The highest BCUT2D eigenvalue weighted by Crippen LogP contribution is 2.22. The first-order chi connectivity index (χ1) is 13.3. The molecular weight excluding hydrogens is 355 g/mol. The third kappa shape index (κ3) is 7.77. The van der Waals surface area contributed by atoms with Gasteiger partial charge in [0.1, 0.15) is 11.9 Å². The lowest BCUT2D eigenvalue weighted by Crippen LogP contribution is -2.36. The lowest BCUT2D eigenvalue weighted by Gasteiger charge is -2.19. The fourth-order valence-corrected chi connectivity index (χ4v) is 2.83. The van der Waals surface area contributed by atoms with Gasteiger partial charge in [-0.2, -0.15) is 5.26 Å². The molecule has 0 aromatic rings. The maximum atomic E-state index is 12.5. The molecule has 5 nitrogen and oxygen atoms in total. The quantitative estimate of drug-likeness (QED) is 0.520. The van der Waals surface area contributed by atoms with Gasteiger partial charge in [0.15, 0.2) is 0 Å². The molecule has 0 aliphatic carbocycles. The van der Waals surface area contributed by atoms with E-state index in [1.165, 1.54) is 12.2 Å². The highest BCUT2D eigenvalue weighted by Gasteiger charge is 2.18. The second-order valence-electron chi connectivity index (χ2n) is 6.69. The number of primary amides is 1. The average molecular weight is 384 g/mol. The van der Waals surface area contributed by atoms with Crippen LogP contribution in [0.3, 0.4) is 0 Å². The first-order valence-electron chi connectivity index (χ1n) is 9.25. The van der Waals surface area contributed by atoms with Gasteiger partial charge in [-0.05, 0) is 55.5 Å². The fourth-order valence-electron chi connectivity index (χ4n) is 2.83. The summed E-state index contributed by atoms with van der Waals surface area (Å²) >= 11 is 0. The van der Waals surface area contributed by atoms with Gasteiger partial charge in [0, 0.05) is 18.8 Å². The summed E-state index contributed by atoms with van der Waals surface area (Å²) in [6.45, 7) is 17.5. The number of nitriles is 1. The second kappa shape index (κ2) is 11.7. The second-order valence-corrected chi connectivity index (χ2v) is 6.69. The Kier molecular flexibility index (Phi) is 9.69. The molecule has 2 rings (SSSR count). The summed E-state index contributed by atoms with van der Waals surface area (Å²) in [7, 11) is 0. The fraction of sp³-hybridized carbons (Fsp3) is 0.364. The maximum Gasteiger partial charge on any atom is 0.234 e. The van der Waals surface area contributed by atoms with Crippen LogP contribution in [-0.4, -0.2) is 36.5 Å². The number of allylic oxidation sites excluding steroid dienone is 7. The molecule has 2 fully saturated rings. The van der Waals surface area contributed by atoms with E-state index in [-0.39, 0.29) is 11.9 Å². The van der Waals surface area contributed by atoms with Crippen molar-refractivity contribution in [2.45, 2.75) is 31.7 Å². The summed E-state index contributed by atoms with van der Waals surface area (Å²) in [5.41, 5.74) is 7.25. The number of nitrogens with zero attached hydrogens (tertiary/aromatic N) is 2. The first kappa shape index (κ1) is 23.1. The molecule has 28 heavy (non-hydrogen) atoms. The van der Waals surface area contributed by atoms with E-state index < -0.39 is 5.83 Å². The molecule has 2 heterocycles. The highest BCUT2D eigenvalue weighted by atomic mass is 19.1. The molecule has 3 N–H and O–H groups in total. The van der Waals surface area contributed by atoms with Gasteiger partial charge < -0.3 is 16.0 Å². The van der Waals surface area contributed by atoms with Crippen LogP contribution in [0.5, 0.6) is 0 Å². The Labute approximate surface area is 167 Å². The molecule has 0 saturated carbocycles. The third-order valence-electron chi connectivity index (χ3n) is 4.52. The predicted molar refractivity (Wildman–Crippen MR) is 112 cm³/mol. The number of halogens is 1. The molecule has 2 aliphatic rings. The summed E-state index contributed by atoms with van der Waals surface area (Å²) < 4.78 is 12.5. The number of amides is 1. The number of carbonyl (C=O) groups excluding carboxylic acids is 1. The van der Waals surface area contributed by atoms with Crippen molar-refractivity contribution in [2.75, 3.05) is 19.6 Å². The van der Waals surface area contributed by atoms with Gasteiger partial charge in [-0.15, -0.1) is 0 Å². The van der Waals surface area contributed by atoms with Gasteiger partial charge >= 0.3 is 0 Å². The molecule has 0 spiro atoms. The SMILES string of the molecule is C=C(F)/C=C\C(=C)C(=C)/C=C(/C#N)C(=C)N1CCCC1.NC(=O)C1CCCN1. The molecule has 2 aliphatic heterocycles. The van der Waals surface area contributed by atoms with Crippen LogP contribution in [0.2, 0.25) is 0 Å². The van der Waals surface area contributed by atoms with E-state index in [0.717, 1.165) is 45.3 Å². The van der Waals surface area contributed by atoms with Crippen molar-refractivity contribution in [1.29, 1.82) is 5.26 Å². The van der Waals surface area contributed by atoms with Crippen LogP contribution < -0.4 is 11.1 Å². The van der Waals surface area contributed by atoms with Gasteiger partial charge in [0.2, 0.25) is 5.91 Å². The van der Waals surface area contributed by atoms with E-state index in [4.69, 9.17) is 5.73 Å². The van der Waals surface area contributed by atoms with E-state index >= 15 is 0 Å². The lowest BCUT2D eigenvalue weighted by atomic mass is 10.0. The summed E-state index contributed by atoms with van der Waals surface area (Å²) in [6, 6.07) is 2.09. The third-order valence-corrected chi connectivity index (χ3v) is 4.52. The van der Waals surface area contributed by atoms with Crippen LogP contribution in [0.15, 0.2) is 72.8 Å². The number of hydrogen-bond acceptors (Lipinski definition) is 4. The highest BCUT2D eigenvalue weighted by molar-refractivity contribution is 5.80. The van der Waals surface area contributed by atoms with Crippen molar-refractivity contribution < 1.29 is 9.18 Å². The van der Waals surface area contributed by atoms with E-state index in [9.17, 15) is 14.4 Å². The van der Waals surface area contributed by atoms with E-state index in [1.807, 2.05) is 0 Å². The average Bonchev–Trinajstić information content (AvgIpc) is 3.37. The van der Waals surface area contributed by atoms with Crippen molar-refractivity contribution in [3.63, 3.8) is 0 Å².